The maximum atomic E-state index is 4.05. The van der Waals surface area contributed by atoms with E-state index in [0.717, 1.165) is 25.7 Å². The van der Waals surface area contributed by atoms with E-state index in [1.54, 1.807) is 0 Å². The zero-order chi connectivity index (χ0) is 28.6. The third kappa shape index (κ3) is 10.2. The molecule has 0 N–H and O–H groups in total. The molecule has 1 aliphatic carbocycles. The molecule has 44 heavy (non-hydrogen) atoms. The first-order valence-electron chi connectivity index (χ1n) is 15.9. The van der Waals surface area contributed by atoms with Gasteiger partial charge in [-0.2, -0.15) is 5.20 Å². The monoisotopic (exact) mass is 700 g/mol. The van der Waals surface area contributed by atoms with Crippen LogP contribution in [0.5, 0.6) is 0 Å². The van der Waals surface area contributed by atoms with Gasteiger partial charge < -0.3 is 37.2 Å². The molecule has 0 fully saturated rings. The zero-order valence-electron chi connectivity index (χ0n) is 27.7. The molecule has 1 aliphatic rings. The predicted molar refractivity (Wildman–Crippen MR) is 179 cm³/mol. The minimum Gasteiger partial charge on any atom is -1.00 e. The standard InChI is InChI=1S/C39H51Si.3ClH.Ti/c1-7-10-13-31-16-23-35(24-17-31)40(38-29-22-34(30-38)39(4,5)6,36-25-18-32(19-26-36)14-11-8-2)37-27-20-33(21-28-37)15-12-9-3;;;;/h16-28H,7-15,29H2,1-6H3;3*1H;/q-1;;;;+4/p-3. The molecule has 236 valence electrons. The summed E-state index contributed by atoms with van der Waals surface area (Å²) < 4.78 is 0. The number of halogens is 3. The first-order valence-corrected chi connectivity index (χ1v) is 17.9. The van der Waals surface area contributed by atoms with Gasteiger partial charge in [-0.05, 0) is 76.2 Å². The zero-order valence-corrected chi connectivity index (χ0v) is 32.5. The van der Waals surface area contributed by atoms with E-state index in [1.165, 1.54) is 81.5 Å². The topological polar surface area (TPSA) is 0 Å². The third-order valence-corrected chi connectivity index (χ3v) is 13.5. The molecule has 0 heterocycles. The minimum atomic E-state index is -2.52. The maximum Gasteiger partial charge on any atom is 4.00 e. The first-order chi connectivity index (χ1) is 19.3. The van der Waals surface area contributed by atoms with Crippen molar-refractivity contribution in [3.8, 4) is 0 Å². The molecule has 0 saturated carbocycles. The van der Waals surface area contributed by atoms with Crippen molar-refractivity contribution in [2.75, 3.05) is 0 Å². The van der Waals surface area contributed by atoms with Crippen LogP contribution in [-0.2, 0) is 41.0 Å². The molecule has 0 bridgehead atoms. The van der Waals surface area contributed by atoms with Gasteiger partial charge in [0, 0.05) is 0 Å². The van der Waals surface area contributed by atoms with Crippen molar-refractivity contribution in [1.29, 1.82) is 0 Å². The molecule has 0 unspecified atom stereocenters. The predicted octanol–water partition coefficient (Wildman–Crippen LogP) is -0.161. The number of hydrogen-bond acceptors (Lipinski definition) is 0. The van der Waals surface area contributed by atoms with Crippen LogP contribution in [-0.4, -0.2) is 8.07 Å². The molecule has 3 aromatic carbocycles. The molecule has 0 aromatic heterocycles. The number of rotatable bonds is 13. The van der Waals surface area contributed by atoms with Gasteiger partial charge in [-0.1, -0.05) is 140 Å². The first kappa shape index (κ1) is 42.9. The number of allylic oxidation sites excluding steroid dienone is 4. The van der Waals surface area contributed by atoms with Gasteiger partial charge in [0.15, 0.2) is 8.07 Å². The Morgan fingerprint density at radius 2 is 0.886 bits per heavy atom. The summed E-state index contributed by atoms with van der Waals surface area (Å²) >= 11 is 0. The summed E-state index contributed by atoms with van der Waals surface area (Å²) in [6, 6.07) is 29.3. The van der Waals surface area contributed by atoms with E-state index in [2.05, 4.69) is 126 Å². The van der Waals surface area contributed by atoms with Crippen LogP contribution in [0.25, 0.3) is 0 Å². The van der Waals surface area contributed by atoms with Crippen molar-refractivity contribution in [2.24, 2.45) is 5.41 Å². The Labute approximate surface area is 304 Å². The van der Waals surface area contributed by atoms with E-state index in [1.807, 2.05) is 0 Å². The smallest absolute Gasteiger partial charge is 1.00 e. The Kier molecular flexibility index (Phi) is 19.7. The molecule has 0 atom stereocenters. The summed E-state index contributed by atoms with van der Waals surface area (Å²) in [5, 5.41) is 5.96. The van der Waals surface area contributed by atoms with Crippen LogP contribution >= 0.6 is 0 Å². The molecule has 0 spiro atoms. The number of unbranched alkanes of at least 4 members (excludes halogenated alkanes) is 3. The molecular weight excluding hydrogens is 651 g/mol. The molecular formula is C39H51Cl3SiTi. The molecule has 3 aromatic rings. The van der Waals surface area contributed by atoms with Gasteiger partial charge in [0.1, 0.15) is 0 Å². The second-order valence-electron chi connectivity index (χ2n) is 12.8. The summed E-state index contributed by atoms with van der Waals surface area (Å²) in [4.78, 5) is 0. The van der Waals surface area contributed by atoms with Crippen molar-refractivity contribution >= 4 is 23.6 Å². The number of benzene rings is 3. The average molecular weight is 702 g/mol. The van der Waals surface area contributed by atoms with E-state index in [-0.39, 0.29) is 64.4 Å². The van der Waals surface area contributed by atoms with E-state index < -0.39 is 8.07 Å². The van der Waals surface area contributed by atoms with Gasteiger partial charge >= 0.3 is 21.7 Å². The second-order valence-corrected chi connectivity index (χ2v) is 16.7. The summed E-state index contributed by atoms with van der Waals surface area (Å²) in [6.07, 6.45) is 18.4. The van der Waals surface area contributed by atoms with Gasteiger partial charge in [-0.15, -0.1) is 0 Å². The van der Waals surface area contributed by atoms with E-state index >= 15 is 0 Å². The largest absolute Gasteiger partial charge is 4.00 e. The fourth-order valence-electron chi connectivity index (χ4n) is 6.14. The van der Waals surface area contributed by atoms with Crippen LogP contribution < -0.4 is 52.8 Å². The number of aryl methyl sites for hydroxylation is 3. The molecule has 0 radical (unpaired) electrons. The second kappa shape index (κ2) is 20.2. The normalized spacial score (nSPS) is 12.6. The Hall–Kier alpha value is -1.06. The van der Waals surface area contributed by atoms with Gasteiger partial charge in [0.2, 0.25) is 0 Å². The summed E-state index contributed by atoms with van der Waals surface area (Å²) in [5.41, 5.74) is 5.82. The summed E-state index contributed by atoms with van der Waals surface area (Å²) in [5.74, 6) is 0. The average Bonchev–Trinajstić information content (AvgIpc) is 3.48. The van der Waals surface area contributed by atoms with Crippen molar-refractivity contribution in [3.05, 3.63) is 112 Å². The van der Waals surface area contributed by atoms with Crippen molar-refractivity contribution in [2.45, 2.75) is 106 Å². The Morgan fingerprint density at radius 1 is 0.568 bits per heavy atom. The van der Waals surface area contributed by atoms with Gasteiger partial charge in [-0.25, -0.2) is 11.6 Å². The number of hydrogen-bond donors (Lipinski definition) is 0. The summed E-state index contributed by atoms with van der Waals surface area (Å²) in [7, 11) is -2.52. The van der Waals surface area contributed by atoms with Crippen LogP contribution in [0, 0.1) is 11.5 Å². The Morgan fingerprint density at radius 3 is 1.14 bits per heavy atom. The van der Waals surface area contributed by atoms with Crippen LogP contribution in [0.3, 0.4) is 0 Å². The van der Waals surface area contributed by atoms with E-state index in [9.17, 15) is 0 Å². The Bertz CT molecular complexity index is 1160. The quantitative estimate of drug-likeness (QED) is 0.132. The van der Waals surface area contributed by atoms with Crippen LogP contribution in [0.4, 0.5) is 0 Å². The molecule has 5 heteroatoms. The van der Waals surface area contributed by atoms with E-state index in [0.29, 0.717) is 0 Å². The van der Waals surface area contributed by atoms with Gasteiger partial charge in [0.25, 0.3) is 0 Å². The van der Waals surface area contributed by atoms with Crippen LogP contribution in [0.2, 0.25) is 0 Å². The van der Waals surface area contributed by atoms with E-state index in [4.69, 9.17) is 0 Å². The minimum absolute atomic E-state index is 0. The molecule has 0 amide bonds. The molecule has 0 saturated heterocycles. The molecule has 0 nitrogen and oxygen atoms in total. The van der Waals surface area contributed by atoms with Crippen molar-refractivity contribution in [3.63, 3.8) is 0 Å². The van der Waals surface area contributed by atoms with Crippen LogP contribution in [0.1, 0.15) is 103 Å². The van der Waals surface area contributed by atoms with Gasteiger partial charge in [0.05, 0.1) is 0 Å². The molecule has 0 aliphatic heterocycles. The fourth-order valence-corrected chi connectivity index (χ4v) is 10.9. The third-order valence-electron chi connectivity index (χ3n) is 8.67. The van der Waals surface area contributed by atoms with Gasteiger partial charge in [-0.3, -0.25) is 6.08 Å². The van der Waals surface area contributed by atoms with Crippen molar-refractivity contribution in [1.82, 2.24) is 0 Å². The Balaban J connectivity index is 0.00000462. The fraction of sp³-hybridized carbons (Fsp3) is 0.436. The molecule has 4 rings (SSSR count). The summed E-state index contributed by atoms with van der Waals surface area (Å²) in [6.45, 7) is 13.8. The van der Waals surface area contributed by atoms with Crippen molar-refractivity contribution < 1.29 is 58.9 Å². The van der Waals surface area contributed by atoms with Crippen LogP contribution in [0.15, 0.2) is 89.6 Å². The maximum absolute atomic E-state index is 4.05. The SMILES string of the molecule is CCCCc1ccc([Si](C2=[C-]C(C(C)(C)C)=CC2)(c2ccc(CCCC)cc2)c2ccc(CCCC)cc2)cc1.[Cl-].[Cl-].[Cl-].[Ti+4].